The summed E-state index contributed by atoms with van der Waals surface area (Å²) in [6.45, 7) is 1.43. The Morgan fingerprint density at radius 2 is 2.25 bits per heavy atom. The number of hydrogen-bond donors (Lipinski definition) is 2. The van der Waals surface area contributed by atoms with Crippen LogP contribution in [0.3, 0.4) is 0 Å². The number of aromatic carboxylic acids is 1. The number of anilines is 1. The van der Waals surface area contributed by atoms with E-state index in [2.05, 4.69) is 10.3 Å². The van der Waals surface area contributed by atoms with Gasteiger partial charge in [0.25, 0.3) is 5.91 Å². The molecule has 0 saturated heterocycles. The molecule has 0 atom stereocenters. The normalized spacial score (nSPS) is 10.1. The molecule has 0 bridgehead atoms. The Hall–Kier alpha value is -2.41. The SMILES string of the molecule is Cc1c(OCC(=O)Nc2nccs2)cccc1C(=O)O. The molecule has 104 valence electrons. The maximum atomic E-state index is 11.6. The van der Waals surface area contributed by atoms with Gasteiger partial charge in [-0.25, -0.2) is 9.78 Å². The molecule has 0 radical (unpaired) electrons. The molecule has 0 fully saturated rings. The van der Waals surface area contributed by atoms with Gasteiger partial charge in [0, 0.05) is 17.1 Å². The van der Waals surface area contributed by atoms with Crippen molar-refractivity contribution in [2.75, 3.05) is 11.9 Å². The van der Waals surface area contributed by atoms with E-state index in [0.29, 0.717) is 16.4 Å². The number of rotatable bonds is 5. The summed E-state index contributed by atoms with van der Waals surface area (Å²) in [5.74, 6) is -1.00. The van der Waals surface area contributed by atoms with Gasteiger partial charge in [0.05, 0.1) is 5.56 Å². The molecule has 7 heteroatoms. The van der Waals surface area contributed by atoms with Crippen molar-refractivity contribution in [3.8, 4) is 5.75 Å². The van der Waals surface area contributed by atoms with E-state index in [9.17, 15) is 9.59 Å². The molecule has 2 N–H and O–H groups in total. The summed E-state index contributed by atoms with van der Waals surface area (Å²) in [5.41, 5.74) is 0.643. The first-order valence-corrected chi connectivity index (χ1v) is 6.61. The zero-order valence-corrected chi connectivity index (χ0v) is 11.4. The molecule has 1 heterocycles. The van der Waals surface area contributed by atoms with Gasteiger partial charge in [0.2, 0.25) is 0 Å². The Labute approximate surface area is 119 Å². The lowest BCUT2D eigenvalue weighted by molar-refractivity contribution is -0.118. The highest BCUT2D eigenvalue weighted by molar-refractivity contribution is 7.13. The second kappa shape index (κ2) is 6.16. The number of nitrogens with zero attached hydrogens (tertiary/aromatic N) is 1. The van der Waals surface area contributed by atoms with Crippen molar-refractivity contribution in [2.45, 2.75) is 6.92 Å². The van der Waals surface area contributed by atoms with E-state index in [4.69, 9.17) is 9.84 Å². The number of benzene rings is 1. The van der Waals surface area contributed by atoms with Crippen LogP contribution in [0.4, 0.5) is 5.13 Å². The van der Waals surface area contributed by atoms with Gasteiger partial charge in [-0.15, -0.1) is 11.3 Å². The van der Waals surface area contributed by atoms with Crippen molar-refractivity contribution >= 4 is 28.3 Å². The van der Waals surface area contributed by atoms with Gasteiger partial charge in [-0.2, -0.15) is 0 Å². The molecule has 1 aromatic carbocycles. The Bertz CT molecular complexity index is 625. The van der Waals surface area contributed by atoms with E-state index >= 15 is 0 Å². The van der Waals surface area contributed by atoms with Gasteiger partial charge in [0.15, 0.2) is 11.7 Å². The van der Waals surface area contributed by atoms with Crippen molar-refractivity contribution in [1.82, 2.24) is 4.98 Å². The van der Waals surface area contributed by atoms with Gasteiger partial charge in [-0.3, -0.25) is 10.1 Å². The Kier molecular flexibility index (Phi) is 4.31. The van der Waals surface area contributed by atoms with Crippen LogP contribution in [-0.4, -0.2) is 28.6 Å². The maximum absolute atomic E-state index is 11.6. The van der Waals surface area contributed by atoms with Gasteiger partial charge >= 0.3 is 5.97 Å². The second-order valence-electron chi connectivity index (χ2n) is 3.91. The van der Waals surface area contributed by atoms with E-state index < -0.39 is 5.97 Å². The first-order chi connectivity index (χ1) is 9.58. The van der Waals surface area contributed by atoms with Gasteiger partial charge in [-0.05, 0) is 19.1 Å². The molecule has 0 aliphatic carbocycles. The van der Waals surface area contributed by atoms with Crippen LogP contribution < -0.4 is 10.1 Å². The van der Waals surface area contributed by atoms with Crippen LogP contribution in [0.2, 0.25) is 0 Å². The molecule has 6 nitrogen and oxygen atoms in total. The lowest BCUT2D eigenvalue weighted by Crippen LogP contribution is -2.20. The number of hydrogen-bond acceptors (Lipinski definition) is 5. The number of nitrogens with one attached hydrogen (secondary N) is 1. The zero-order chi connectivity index (χ0) is 14.5. The summed E-state index contributed by atoms with van der Waals surface area (Å²) < 4.78 is 5.34. The summed E-state index contributed by atoms with van der Waals surface area (Å²) in [5, 5.41) is 13.8. The molecule has 0 aliphatic rings. The van der Waals surface area contributed by atoms with E-state index in [0.717, 1.165) is 0 Å². The first-order valence-electron chi connectivity index (χ1n) is 5.73. The smallest absolute Gasteiger partial charge is 0.336 e. The van der Waals surface area contributed by atoms with Gasteiger partial charge < -0.3 is 9.84 Å². The first kappa shape index (κ1) is 14.0. The lowest BCUT2D eigenvalue weighted by atomic mass is 10.1. The largest absolute Gasteiger partial charge is 0.483 e. The summed E-state index contributed by atoms with van der Waals surface area (Å²) in [6.07, 6.45) is 1.58. The molecular formula is C13H12N2O4S. The molecule has 0 spiro atoms. The van der Waals surface area contributed by atoms with Crippen LogP contribution in [0.25, 0.3) is 0 Å². The summed E-state index contributed by atoms with van der Waals surface area (Å²) in [7, 11) is 0. The van der Waals surface area contributed by atoms with Crippen molar-refractivity contribution in [2.24, 2.45) is 0 Å². The predicted molar refractivity (Wildman–Crippen MR) is 74.4 cm³/mol. The molecule has 2 rings (SSSR count). The lowest BCUT2D eigenvalue weighted by Gasteiger charge is -2.10. The average molecular weight is 292 g/mol. The minimum absolute atomic E-state index is 0.155. The van der Waals surface area contributed by atoms with E-state index in [1.807, 2.05) is 0 Å². The third-order valence-electron chi connectivity index (χ3n) is 2.55. The number of carboxylic acids is 1. The topological polar surface area (TPSA) is 88.5 Å². The predicted octanol–water partition coefficient (Wildman–Crippen LogP) is 2.17. The van der Waals surface area contributed by atoms with Crippen LogP contribution >= 0.6 is 11.3 Å². The average Bonchev–Trinajstić information content (AvgIpc) is 2.90. The highest BCUT2D eigenvalue weighted by Crippen LogP contribution is 2.21. The molecule has 1 aromatic heterocycles. The van der Waals surface area contributed by atoms with Crippen LogP contribution in [0, 0.1) is 6.92 Å². The highest BCUT2D eigenvalue weighted by Gasteiger charge is 2.12. The van der Waals surface area contributed by atoms with Crippen molar-refractivity contribution in [1.29, 1.82) is 0 Å². The van der Waals surface area contributed by atoms with Crippen LogP contribution in [0.5, 0.6) is 5.75 Å². The second-order valence-corrected chi connectivity index (χ2v) is 4.80. The number of carboxylic acid groups (broad SMARTS) is 1. The van der Waals surface area contributed by atoms with Crippen LogP contribution in [0.1, 0.15) is 15.9 Å². The highest BCUT2D eigenvalue weighted by atomic mass is 32.1. The Morgan fingerprint density at radius 1 is 1.45 bits per heavy atom. The van der Waals surface area contributed by atoms with Crippen molar-refractivity contribution in [3.05, 3.63) is 40.9 Å². The Morgan fingerprint density at radius 3 is 2.90 bits per heavy atom. The summed E-state index contributed by atoms with van der Waals surface area (Å²) in [4.78, 5) is 26.5. The zero-order valence-electron chi connectivity index (χ0n) is 10.6. The van der Waals surface area contributed by atoms with E-state index in [1.54, 1.807) is 30.6 Å². The fraction of sp³-hybridized carbons (Fsp3) is 0.154. The van der Waals surface area contributed by atoms with E-state index in [1.165, 1.54) is 17.4 Å². The molecule has 0 aliphatic heterocycles. The van der Waals surface area contributed by atoms with Gasteiger partial charge in [-0.1, -0.05) is 6.07 Å². The number of amides is 1. The van der Waals surface area contributed by atoms with Crippen molar-refractivity contribution in [3.63, 3.8) is 0 Å². The van der Waals surface area contributed by atoms with Crippen LogP contribution in [0.15, 0.2) is 29.8 Å². The number of ether oxygens (including phenoxy) is 1. The van der Waals surface area contributed by atoms with E-state index in [-0.39, 0.29) is 18.1 Å². The van der Waals surface area contributed by atoms with Crippen LogP contribution in [-0.2, 0) is 4.79 Å². The minimum atomic E-state index is -1.03. The number of aromatic nitrogens is 1. The summed E-state index contributed by atoms with van der Waals surface area (Å²) >= 11 is 1.31. The number of carbonyl (C=O) groups is 2. The van der Waals surface area contributed by atoms with Gasteiger partial charge in [0.1, 0.15) is 5.75 Å². The molecule has 2 aromatic rings. The third kappa shape index (κ3) is 3.33. The fourth-order valence-electron chi connectivity index (χ4n) is 1.59. The molecule has 1 amide bonds. The quantitative estimate of drug-likeness (QED) is 0.881. The van der Waals surface area contributed by atoms with Crippen molar-refractivity contribution < 1.29 is 19.4 Å². The molecular weight excluding hydrogens is 280 g/mol. The summed E-state index contributed by atoms with van der Waals surface area (Å²) in [6, 6.07) is 4.68. The standard InChI is InChI=1S/C13H12N2O4S/c1-8-9(12(17)18)3-2-4-10(8)19-7-11(16)15-13-14-5-6-20-13/h2-6H,7H2,1H3,(H,17,18)(H,14,15,16). The number of thiazole rings is 1. The molecule has 20 heavy (non-hydrogen) atoms. The fourth-order valence-corrected chi connectivity index (χ4v) is 2.13. The minimum Gasteiger partial charge on any atom is -0.483 e. The monoisotopic (exact) mass is 292 g/mol. The Balaban J connectivity index is 1.99. The molecule has 0 unspecified atom stereocenters. The number of carbonyl (C=O) groups excluding carboxylic acids is 1. The molecule has 0 saturated carbocycles. The third-order valence-corrected chi connectivity index (χ3v) is 3.24. The maximum Gasteiger partial charge on any atom is 0.336 e.